The number of piperazine rings is 1. The quantitative estimate of drug-likeness (QED) is 0.405. The average Bonchev–Trinajstić information content (AvgIpc) is 3.43. The Morgan fingerprint density at radius 3 is 2.47 bits per heavy atom. The third-order valence-electron chi connectivity index (χ3n) is 6.51. The van der Waals surface area contributed by atoms with Gasteiger partial charge in [-0.3, -0.25) is 14.6 Å². The fourth-order valence-corrected chi connectivity index (χ4v) is 4.99. The van der Waals surface area contributed by atoms with Crippen molar-refractivity contribution in [3.05, 3.63) is 88.7 Å². The lowest BCUT2D eigenvalue weighted by Gasteiger charge is -2.37. The van der Waals surface area contributed by atoms with Gasteiger partial charge in [-0.25, -0.2) is 0 Å². The number of pyridine rings is 1. The normalized spacial score (nSPS) is 17.3. The van der Waals surface area contributed by atoms with E-state index in [1.807, 2.05) is 41.3 Å². The molecule has 2 aliphatic heterocycles. The molecular formula is C27H24Cl3N5O3. The molecule has 0 radical (unpaired) electrons. The van der Waals surface area contributed by atoms with Crippen LogP contribution in [0.2, 0.25) is 5.02 Å². The number of rotatable bonds is 6. The van der Waals surface area contributed by atoms with Gasteiger partial charge in [-0.2, -0.15) is 0 Å². The molecule has 8 nitrogen and oxygen atoms in total. The molecule has 2 aliphatic rings. The number of amides is 2. The first-order valence-corrected chi connectivity index (χ1v) is 13.3. The van der Waals surface area contributed by atoms with Crippen LogP contribution in [0.25, 0.3) is 0 Å². The number of alkyl halides is 2. The van der Waals surface area contributed by atoms with E-state index in [0.717, 1.165) is 22.5 Å². The topological polar surface area (TPSA) is 87.1 Å². The molecule has 11 heteroatoms. The third kappa shape index (κ3) is 5.72. The first-order valence-electron chi connectivity index (χ1n) is 12.1. The van der Waals surface area contributed by atoms with Crippen LogP contribution in [0.15, 0.2) is 72.1 Å². The highest BCUT2D eigenvalue weighted by Gasteiger charge is 2.30. The summed E-state index contributed by atoms with van der Waals surface area (Å²) in [5.41, 5.74) is 4.55. The van der Waals surface area contributed by atoms with Crippen molar-refractivity contribution in [2.24, 2.45) is 5.16 Å². The lowest BCUT2D eigenvalue weighted by Crippen LogP contribution is -2.49. The van der Waals surface area contributed by atoms with E-state index in [2.05, 4.69) is 20.4 Å². The monoisotopic (exact) mass is 571 g/mol. The number of hydrogen-bond donors (Lipinski definition) is 1. The number of oxime groups is 1. The minimum Gasteiger partial charge on any atom is -0.387 e. The van der Waals surface area contributed by atoms with Crippen molar-refractivity contribution in [2.45, 2.75) is 17.4 Å². The first-order chi connectivity index (χ1) is 18.4. The number of nitrogens with one attached hydrogen (secondary N) is 1. The SMILES string of the molecule is O=C(Nc1cccc(C2CC(c3c(Cl)cccc3N3CCN(C(=O)c4ccncc4)CC3)=NO2)c1)C(Cl)Cl. The van der Waals surface area contributed by atoms with Crippen molar-refractivity contribution >= 4 is 63.7 Å². The van der Waals surface area contributed by atoms with Crippen molar-refractivity contribution in [1.82, 2.24) is 9.88 Å². The van der Waals surface area contributed by atoms with Crippen molar-refractivity contribution in [3.63, 3.8) is 0 Å². The molecule has 0 spiro atoms. The Morgan fingerprint density at radius 1 is 1.00 bits per heavy atom. The first kappa shape index (κ1) is 26.3. The van der Waals surface area contributed by atoms with Crippen LogP contribution in [0.1, 0.15) is 34.0 Å². The Kier molecular flexibility index (Phi) is 8.02. The maximum atomic E-state index is 12.8. The molecule has 0 bridgehead atoms. The number of nitrogens with zero attached hydrogens (tertiary/aromatic N) is 4. The highest BCUT2D eigenvalue weighted by molar-refractivity contribution is 6.54. The molecule has 1 N–H and O–H groups in total. The molecule has 3 aromatic rings. The van der Waals surface area contributed by atoms with Crippen LogP contribution in [0.3, 0.4) is 0 Å². The average molecular weight is 573 g/mol. The maximum absolute atomic E-state index is 12.8. The molecule has 1 saturated heterocycles. The number of carbonyl (C=O) groups excluding carboxylic acids is 2. The molecular weight excluding hydrogens is 549 g/mol. The molecule has 1 unspecified atom stereocenters. The van der Waals surface area contributed by atoms with Gasteiger partial charge in [0.05, 0.1) is 10.7 Å². The zero-order valence-corrected chi connectivity index (χ0v) is 22.5. The number of anilines is 2. The van der Waals surface area contributed by atoms with Crippen molar-refractivity contribution in [2.75, 3.05) is 36.4 Å². The van der Waals surface area contributed by atoms with Gasteiger partial charge in [0.2, 0.25) is 0 Å². The zero-order valence-electron chi connectivity index (χ0n) is 20.2. The Labute approximate surface area is 235 Å². The van der Waals surface area contributed by atoms with Gasteiger partial charge in [0.1, 0.15) is 0 Å². The summed E-state index contributed by atoms with van der Waals surface area (Å²) in [5.74, 6) is -0.501. The molecule has 0 saturated carbocycles. The summed E-state index contributed by atoms with van der Waals surface area (Å²) in [6, 6.07) is 16.5. The number of benzene rings is 2. The lowest BCUT2D eigenvalue weighted by atomic mass is 9.98. The molecule has 2 aromatic carbocycles. The second-order valence-corrected chi connectivity index (χ2v) is 10.4. The fraction of sp³-hybridized carbons (Fsp3) is 0.259. The van der Waals surface area contributed by atoms with E-state index in [1.54, 1.807) is 30.6 Å². The lowest BCUT2D eigenvalue weighted by molar-refractivity contribution is -0.114. The van der Waals surface area contributed by atoms with Gasteiger partial charge in [-0.15, -0.1) is 0 Å². The van der Waals surface area contributed by atoms with Crippen LogP contribution in [-0.4, -0.2) is 58.4 Å². The van der Waals surface area contributed by atoms with E-state index in [-0.39, 0.29) is 12.0 Å². The van der Waals surface area contributed by atoms with Gasteiger partial charge in [0.25, 0.3) is 11.8 Å². The van der Waals surface area contributed by atoms with Crippen LogP contribution in [0, 0.1) is 0 Å². The van der Waals surface area contributed by atoms with E-state index in [4.69, 9.17) is 39.6 Å². The molecule has 196 valence electrons. The highest BCUT2D eigenvalue weighted by atomic mass is 35.5. The van der Waals surface area contributed by atoms with Crippen LogP contribution in [-0.2, 0) is 9.63 Å². The van der Waals surface area contributed by atoms with E-state index in [0.29, 0.717) is 48.9 Å². The molecule has 1 aromatic heterocycles. The van der Waals surface area contributed by atoms with Crippen LogP contribution in [0.4, 0.5) is 11.4 Å². The second-order valence-electron chi connectivity index (χ2n) is 8.90. The van der Waals surface area contributed by atoms with E-state index >= 15 is 0 Å². The van der Waals surface area contributed by atoms with Crippen molar-refractivity contribution < 1.29 is 14.4 Å². The maximum Gasteiger partial charge on any atom is 0.257 e. The largest absolute Gasteiger partial charge is 0.387 e. The molecule has 38 heavy (non-hydrogen) atoms. The van der Waals surface area contributed by atoms with Gasteiger partial charge >= 0.3 is 0 Å². The van der Waals surface area contributed by atoms with Gasteiger partial charge < -0.3 is 20.0 Å². The Morgan fingerprint density at radius 2 is 1.74 bits per heavy atom. The standard InChI is InChI=1S/C27H24Cl3N5O3/c28-20-5-2-6-22(34-11-13-35(14-12-34)27(37)17-7-9-31-10-8-17)24(20)21-16-23(38-33-21)18-3-1-4-19(15-18)32-26(36)25(29)30/h1-10,15,23,25H,11-14,16H2,(H,32,36). The Balaban J connectivity index is 1.29. The number of hydrogen-bond acceptors (Lipinski definition) is 6. The van der Waals surface area contributed by atoms with Crippen molar-refractivity contribution in [1.29, 1.82) is 0 Å². The van der Waals surface area contributed by atoms with Gasteiger partial charge in [0, 0.05) is 67.5 Å². The van der Waals surface area contributed by atoms with Crippen LogP contribution in [0.5, 0.6) is 0 Å². The minimum absolute atomic E-state index is 0.000753. The van der Waals surface area contributed by atoms with Gasteiger partial charge in [-0.05, 0) is 42.0 Å². The smallest absolute Gasteiger partial charge is 0.257 e. The van der Waals surface area contributed by atoms with E-state index < -0.39 is 10.7 Å². The van der Waals surface area contributed by atoms with Gasteiger partial charge in [-0.1, -0.05) is 58.2 Å². The summed E-state index contributed by atoms with van der Waals surface area (Å²) in [5, 5.41) is 7.64. The molecule has 1 atom stereocenters. The van der Waals surface area contributed by atoms with Crippen LogP contribution < -0.4 is 10.2 Å². The fourth-order valence-electron chi connectivity index (χ4n) is 4.61. The molecule has 1 fully saturated rings. The minimum atomic E-state index is -1.16. The highest BCUT2D eigenvalue weighted by Crippen LogP contribution is 2.37. The second kappa shape index (κ2) is 11.6. The summed E-state index contributed by atoms with van der Waals surface area (Å²) in [4.78, 5) is 37.4. The molecule has 5 rings (SSSR count). The summed E-state index contributed by atoms with van der Waals surface area (Å²) in [6.07, 6.45) is 3.41. The third-order valence-corrected chi connectivity index (χ3v) is 7.22. The van der Waals surface area contributed by atoms with E-state index in [1.165, 1.54) is 0 Å². The number of aromatic nitrogens is 1. The summed E-state index contributed by atoms with van der Waals surface area (Å²) in [7, 11) is 0. The van der Waals surface area contributed by atoms with Gasteiger partial charge in [0.15, 0.2) is 10.9 Å². The molecule has 0 aliphatic carbocycles. The number of halogens is 3. The predicted molar refractivity (Wildman–Crippen MR) is 149 cm³/mol. The zero-order chi connectivity index (χ0) is 26.6. The molecule has 2 amide bonds. The van der Waals surface area contributed by atoms with E-state index in [9.17, 15) is 9.59 Å². The number of carbonyl (C=O) groups is 2. The molecule has 3 heterocycles. The Hall–Kier alpha value is -3.33. The van der Waals surface area contributed by atoms with Crippen molar-refractivity contribution in [3.8, 4) is 0 Å². The predicted octanol–water partition coefficient (Wildman–Crippen LogP) is 5.31. The van der Waals surface area contributed by atoms with Crippen LogP contribution >= 0.6 is 34.8 Å². The summed E-state index contributed by atoms with van der Waals surface area (Å²) in [6.45, 7) is 2.49. The Bertz CT molecular complexity index is 1360. The summed E-state index contributed by atoms with van der Waals surface area (Å²) >= 11 is 18.0. The summed E-state index contributed by atoms with van der Waals surface area (Å²) < 4.78 is 0.